The third kappa shape index (κ3) is 4.47. The van der Waals surface area contributed by atoms with E-state index < -0.39 is 0 Å². The second-order valence-corrected chi connectivity index (χ2v) is 14.0. The van der Waals surface area contributed by atoms with Crippen LogP contribution in [0, 0.1) is 0 Å². The quantitative estimate of drug-likeness (QED) is 0.292. The summed E-state index contributed by atoms with van der Waals surface area (Å²) in [6.45, 7) is 17.8. The summed E-state index contributed by atoms with van der Waals surface area (Å²) in [5.74, 6) is 1.07. The molecular formula is C32H38N8. The maximum atomic E-state index is 5.01. The lowest BCUT2D eigenvalue weighted by Crippen LogP contribution is -2.36. The fourth-order valence-corrected chi connectivity index (χ4v) is 5.85. The predicted molar refractivity (Wildman–Crippen MR) is 156 cm³/mol. The first kappa shape index (κ1) is 26.5. The van der Waals surface area contributed by atoms with Crippen LogP contribution in [0.3, 0.4) is 0 Å². The lowest BCUT2D eigenvalue weighted by molar-refractivity contribution is 0.311. The SMILES string of the molecule is CC1(C)CCC(C)(C)c2nc(-c3cccc(-c4cccc(-c5nnc6c(n5)C(C)(C)CCC6(C)C)n4)n3)nnc21. The lowest BCUT2D eigenvalue weighted by atomic mass is 9.67. The van der Waals surface area contributed by atoms with E-state index in [1.54, 1.807) is 0 Å². The number of hydrogen-bond acceptors (Lipinski definition) is 8. The molecule has 40 heavy (non-hydrogen) atoms. The molecule has 0 saturated heterocycles. The maximum absolute atomic E-state index is 5.01. The molecule has 0 saturated carbocycles. The van der Waals surface area contributed by atoms with Gasteiger partial charge in [0.2, 0.25) is 11.6 Å². The van der Waals surface area contributed by atoms with E-state index in [1.165, 1.54) is 0 Å². The minimum Gasteiger partial charge on any atom is -0.243 e. The number of aromatic nitrogens is 8. The molecule has 0 N–H and O–H groups in total. The number of fused-ring (bicyclic) bond motifs is 2. The van der Waals surface area contributed by atoms with Crippen LogP contribution in [-0.4, -0.2) is 40.3 Å². The molecule has 0 fully saturated rings. The Morgan fingerprint density at radius 2 is 0.725 bits per heavy atom. The molecule has 2 aliphatic rings. The van der Waals surface area contributed by atoms with Gasteiger partial charge in [-0.15, -0.1) is 10.2 Å². The number of rotatable bonds is 3. The smallest absolute Gasteiger partial charge is 0.200 e. The molecule has 4 aromatic rings. The van der Waals surface area contributed by atoms with E-state index >= 15 is 0 Å². The Bertz CT molecular complexity index is 1500. The lowest BCUT2D eigenvalue weighted by Gasteiger charge is -2.39. The van der Waals surface area contributed by atoms with E-state index in [4.69, 9.17) is 19.9 Å². The van der Waals surface area contributed by atoms with Crippen LogP contribution >= 0.6 is 0 Å². The van der Waals surface area contributed by atoms with Crippen molar-refractivity contribution in [3.8, 4) is 34.4 Å². The van der Waals surface area contributed by atoms with Crippen molar-refractivity contribution in [3.05, 3.63) is 59.2 Å². The molecule has 0 amide bonds. The van der Waals surface area contributed by atoms with Crippen LogP contribution in [0.25, 0.3) is 34.4 Å². The third-order valence-electron chi connectivity index (χ3n) is 8.91. The van der Waals surface area contributed by atoms with Crippen LogP contribution in [0.2, 0.25) is 0 Å². The van der Waals surface area contributed by atoms with Gasteiger partial charge < -0.3 is 0 Å². The molecule has 6 rings (SSSR count). The molecule has 0 radical (unpaired) electrons. The highest BCUT2D eigenvalue weighted by molar-refractivity contribution is 5.63. The minimum atomic E-state index is -0.0598. The van der Waals surface area contributed by atoms with E-state index in [9.17, 15) is 0 Å². The molecule has 4 aromatic heterocycles. The Morgan fingerprint density at radius 3 is 1.10 bits per heavy atom. The minimum absolute atomic E-state index is 0.0401. The van der Waals surface area contributed by atoms with Crippen molar-refractivity contribution in [1.29, 1.82) is 0 Å². The molecule has 0 atom stereocenters. The standard InChI is InChI=1S/C32H38N8/c1-29(2)15-17-31(5,6)25-23(29)35-27(39-37-25)21-13-9-11-19(33-21)20-12-10-14-22(34-20)28-36-24-26(38-40-28)32(7,8)18-16-30(24,3)4/h9-14H,15-18H2,1-8H3. The summed E-state index contributed by atoms with van der Waals surface area (Å²) in [5, 5.41) is 18.4. The third-order valence-corrected chi connectivity index (χ3v) is 8.91. The van der Waals surface area contributed by atoms with Crippen molar-refractivity contribution >= 4 is 0 Å². The van der Waals surface area contributed by atoms with Gasteiger partial charge >= 0.3 is 0 Å². The van der Waals surface area contributed by atoms with E-state index in [0.717, 1.165) is 59.8 Å². The zero-order valence-corrected chi connectivity index (χ0v) is 24.9. The van der Waals surface area contributed by atoms with Crippen LogP contribution in [0.5, 0.6) is 0 Å². The first-order valence-electron chi connectivity index (χ1n) is 14.2. The molecule has 206 valence electrons. The van der Waals surface area contributed by atoms with Crippen molar-refractivity contribution in [3.63, 3.8) is 0 Å². The summed E-state index contributed by atoms with van der Waals surface area (Å²) in [7, 11) is 0. The average Bonchev–Trinajstić information content (AvgIpc) is 2.94. The molecule has 0 bridgehead atoms. The maximum Gasteiger partial charge on any atom is 0.200 e. The Morgan fingerprint density at radius 1 is 0.400 bits per heavy atom. The molecule has 2 aliphatic carbocycles. The van der Waals surface area contributed by atoms with Gasteiger partial charge in [0.25, 0.3) is 0 Å². The van der Waals surface area contributed by atoms with E-state index in [1.807, 2.05) is 36.4 Å². The van der Waals surface area contributed by atoms with Gasteiger partial charge in [0.05, 0.1) is 34.2 Å². The Balaban J connectivity index is 1.37. The van der Waals surface area contributed by atoms with Gasteiger partial charge in [-0.2, -0.15) is 10.2 Å². The second-order valence-electron chi connectivity index (χ2n) is 14.0. The first-order chi connectivity index (χ1) is 18.8. The summed E-state index contributed by atoms with van der Waals surface area (Å²) in [5.41, 5.74) is 6.62. The monoisotopic (exact) mass is 534 g/mol. The van der Waals surface area contributed by atoms with Gasteiger partial charge in [0.15, 0.2) is 0 Å². The highest BCUT2D eigenvalue weighted by atomic mass is 15.2. The van der Waals surface area contributed by atoms with Crippen LogP contribution in [-0.2, 0) is 21.7 Å². The van der Waals surface area contributed by atoms with E-state index in [0.29, 0.717) is 23.0 Å². The molecule has 4 heterocycles. The zero-order chi connectivity index (χ0) is 28.5. The summed E-state index contributed by atoms with van der Waals surface area (Å²) >= 11 is 0. The molecule has 0 aliphatic heterocycles. The number of hydrogen-bond donors (Lipinski definition) is 0. The van der Waals surface area contributed by atoms with Gasteiger partial charge in [-0.1, -0.05) is 67.5 Å². The molecule has 0 aromatic carbocycles. The first-order valence-corrected chi connectivity index (χ1v) is 14.2. The van der Waals surface area contributed by atoms with Crippen LogP contribution in [0.1, 0.15) is 104 Å². The molecule has 0 spiro atoms. The van der Waals surface area contributed by atoms with E-state index in [2.05, 4.69) is 75.8 Å². The van der Waals surface area contributed by atoms with Gasteiger partial charge in [-0.3, -0.25) is 0 Å². The van der Waals surface area contributed by atoms with Crippen molar-refractivity contribution < 1.29 is 0 Å². The summed E-state index contributed by atoms with van der Waals surface area (Å²) in [6.07, 6.45) is 4.25. The predicted octanol–water partition coefficient (Wildman–Crippen LogP) is 6.55. The fourth-order valence-electron chi connectivity index (χ4n) is 5.85. The summed E-state index contributed by atoms with van der Waals surface area (Å²) in [4.78, 5) is 19.8. The summed E-state index contributed by atoms with van der Waals surface area (Å²) in [6, 6.07) is 11.7. The number of nitrogens with zero attached hydrogens (tertiary/aromatic N) is 8. The average molecular weight is 535 g/mol. The van der Waals surface area contributed by atoms with Gasteiger partial charge in [0.1, 0.15) is 11.4 Å². The van der Waals surface area contributed by atoms with Crippen molar-refractivity contribution in [2.75, 3.05) is 0 Å². The van der Waals surface area contributed by atoms with Gasteiger partial charge in [-0.25, -0.2) is 19.9 Å². The molecule has 8 nitrogen and oxygen atoms in total. The second kappa shape index (κ2) is 8.91. The summed E-state index contributed by atoms with van der Waals surface area (Å²) < 4.78 is 0. The normalized spacial score (nSPS) is 19.9. The Kier molecular flexibility index (Phi) is 5.91. The highest BCUT2D eigenvalue weighted by Gasteiger charge is 2.41. The highest BCUT2D eigenvalue weighted by Crippen LogP contribution is 2.45. The van der Waals surface area contributed by atoms with Gasteiger partial charge in [-0.05, 0) is 49.9 Å². The zero-order valence-electron chi connectivity index (χ0n) is 24.9. The number of pyridine rings is 2. The Hall–Kier alpha value is -3.68. The van der Waals surface area contributed by atoms with Crippen molar-refractivity contribution in [1.82, 2.24) is 40.3 Å². The van der Waals surface area contributed by atoms with Gasteiger partial charge in [0, 0.05) is 21.7 Å². The van der Waals surface area contributed by atoms with Crippen molar-refractivity contribution in [2.24, 2.45) is 0 Å². The van der Waals surface area contributed by atoms with Crippen molar-refractivity contribution in [2.45, 2.75) is 103 Å². The Labute approximate surface area is 236 Å². The van der Waals surface area contributed by atoms with Crippen LogP contribution in [0.15, 0.2) is 36.4 Å². The van der Waals surface area contributed by atoms with Crippen LogP contribution < -0.4 is 0 Å². The molecular weight excluding hydrogens is 496 g/mol. The largest absolute Gasteiger partial charge is 0.243 e. The topological polar surface area (TPSA) is 103 Å². The molecule has 0 unspecified atom stereocenters. The van der Waals surface area contributed by atoms with E-state index in [-0.39, 0.29) is 21.7 Å². The van der Waals surface area contributed by atoms with Crippen LogP contribution in [0.4, 0.5) is 0 Å². The molecule has 8 heteroatoms. The fraction of sp³-hybridized carbons (Fsp3) is 0.500.